The summed E-state index contributed by atoms with van der Waals surface area (Å²) in [7, 11) is -4.32. The standard InChI is InChI=1S/C25H36O4S/c1-2-3-4-5-6-7-8-9-10-11-12-16-22-17-15-18-23(21-22)29-24-19-13-14-20-25(24)30(26,27)28/h13-15,17-21H,2-12,16H2,1H3,(H,26,27,28). The van der Waals surface area contributed by atoms with Gasteiger partial charge in [0.25, 0.3) is 10.1 Å². The van der Waals surface area contributed by atoms with Crippen LogP contribution in [0.3, 0.4) is 0 Å². The topological polar surface area (TPSA) is 63.6 Å². The lowest BCUT2D eigenvalue weighted by Gasteiger charge is -2.10. The van der Waals surface area contributed by atoms with E-state index in [1.165, 1.54) is 75.8 Å². The van der Waals surface area contributed by atoms with E-state index in [2.05, 4.69) is 13.0 Å². The highest BCUT2D eigenvalue weighted by Gasteiger charge is 2.16. The van der Waals surface area contributed by atoms with Crippen LogP contribution in [0.4, 0.5) is 0 Å². The molecule has 0 unspecified atom stereocenters. The molecule has 30 heavy (non-hydrogen) atoms. The van der Waals surface area contributed by atoms with Crippen molar-refractivity contribution in [1.82, 2.24) is 0 Å². The number of benzene rings is 2. The maximum absolute atomic E-state index is 11.5. The van der Waals surface area contributed by atoms with E-state index >= 15 is 0 Å². The Morgan fingerprint density at radius 1 is 0.767 bits per heavy atom. The summed E-state index contributed by atoms with van der Waals surface area (Å²) in [6, 6.07) is 13.8. The highest BCUT2D eigenvalue weighted by molar-refractivity contribution is 7.86. The molecule has 0 amide bonds. The van der Waals surface area contributed by atoms with Crippen molar-refractivity contribution in [1.29, 1.82) is 0 Å². The van der Waals surface area contributed by atoms with Gasteiger partial charge in [-0.2, -0.15) is 8.42 Å². The van der Waals surface area contributed by atoms with Crippen molar-refractivity contribution in [2.75, 3.05) is 0 Å². The zero-order chi connectivity index (χ0) is 21.7. The quantitative estimate of drug-likeness (QED) is 0.233. The molecule has 0 aliphatic heterocycles. The van der Waals surface area contributed by atoms with Gasteiger partial charge in [-0.3, -0.25) is 4.55 Å². The lowest BCUT2D eigenvalue weighted by Crippen LogP contribution is -2.00. The molecule has 166 valence electrons. The van der Waals surface area contributed by atoms with E-state index in [-0.39, 0.29) is 10.6 Å². The first-order valence-corrected chi connectivity index (χ1v) is 12.8. The molecular weight excluding hydrogens is 396 g/mol. The second kappa shape index (κ2) is 13.5. The molecule has 2 aromatic rings. The highest BCUT2D eigenvalue weighted by Crippen LogP contribution is 2.29. The van der Waals surface area contributed by atoms with Crippen LogP contribution in [0.5, 0.6) is 11.5 Å². The Morgan fingerprint density at radius 2 is 1.37 bits per heavy atom. The zero-order valence-corrected chi connectivity index (χ0v) is 19.0. The molecule has 4 nitrogen and oxygen atoms in total. The van der Waals surface area contributed by atoms with Crippen molar-refractivity contribution < 1.29 is 17.7 Å². The third-order valence-corrected chi connectivity index (χ3v) is 6.22. The molecule has 0 saturated heterocycles. The molecule has 0 heterocycles. The van der Waals surface area contributed by atoms with Crippen LogP contribution in [0.15, 0.2) is 53.4 Å². The van der Waals surface area contributed by atoms with Gasteiger partial charge < -0.3 is 4.74 Å². The van der Waals surface area contributed by atoms with Crippen LogP contribution in [0.1, 0.15) is 83.1 Å². The number of rotatable bonds is 15. The van der Waals surface area contributed by atoms with Crippen molar-refractivity contribution in [3.63, 3.8) is 0 Å². The molecule has 0 atom stereocenters. The van der Waals surface area contributed by atoms with Gasteiger partial charge in [0.15, 0.2) is 0 Å². The third-order valence-electron chi connectivity index (χ3n) is 5.32. The Balaban J connectivity index is 1.70. The molecule has 2 rings (SSSR count). The Morgan fingerprint density at radius 3 is 2.00 bits per heavy atom. The highest BCUT2D eigenvalue weighted by atomic mass is 32.2. The zero-order valence-electron chi connectivity index (χ0n) is 18.2. The molecule has 0 saturated carbocycles. The number of unbranched alkanes of at least 4 members (excludes halogenated alkanes) is 10. The van der Waals surface area contributed by atoms with Gasteiger partial charge in [0.05, 0.1) is 0 Å². The van der Waals surface area contributed by atoms with E-state index in [4.69, 9.17) is 4.74 Å². The summed E-state index contributed by atoms with van der Waals surface area (Å²) >= 11 is 0. The third kappa shape index (κ3) is 9.31. The van der Waals surface area contributed by atoms with Gasteiger partial charge in [-0.1, -0.05) is 95.4 Å². The molecule has 0 aliphatic rings. The average Bonchev–Trinajstić information content (AvgIpc) is 2.72. The van der Waals surface area contributed by atoms with Crippen LogP contribution in [-0.2, 0) is 16.5 Å². The number of hydrogen-bond acceptors (Lipinski definition) is 3. The number of ether oxygens (including phenoxy) is 1. The van der Waals surface area contributed by atoms with Crippen molar-refractivity contribution in [2.24, 2.45) is 0 Å². The number of aryl methyl sites for hydroxylation is 1. The average molecular weight is 433 g/mol. The maximum Gasteiger partial charge on any atom is 0.298 e. The Hall–Kier alpha value is -1.85. The van der Waals surface area contributed by atoms with Gasteiger partial charge in [-0.05, 0) is 42.7 Å². The lowest BCUT2D eigenvalue weighted by atomic mass is 10.0. The first kappa shape index (κ1) is 24.4. The van der Waals surface area contributed by atoms with E-state index in [9.17, 15) is 13.0 Å². The van der Waals surface area contributed by atoms with Crippen LogP contribution < -0.4 is 4.74 Å². The van der Waals surface area contributed by atoms with Crippen molar-refractivity contribution in [3.05, 3.63) is 54.1 Å². The summed E-state index contributed by atoms with van der Waals surface area (Å²) in [6.07, 6.45) is 15.5. The van der Waals surface area contributed by atoms with Crippen LogP contribution in [0.25, 0.3) is 0 Å². The number of para-hydroxylation sites is 1. The van der Waals surface area contributed by atoms with Gasteiger partial charge in [-0.25, -0.2) is 0 Å². The molecule has 0 aromatic heterocycles. The first-order valence-electron chi connectivity index (χ1n) is 11.3. The SMILES string of the molecule is CCCCCCCCCCCCCc1cccc(Oc2ccccc2S(=O)(=O)O)c1. The van der Waals surface area contributed by atoms with Gasteiger partial charge in [0, 0.05) is 0 Å². The summed E-state index contributed by atoms with van der Waals surface area (Å²) in [5.74, 6) is 0.707. The predicted octanol–water partition coefficient (Wildman–Crippen LogP) is 7.58. The van der Waals surface area contributed by atoms with Gasteiger partial charge in [-0.15, -0.1) is 0 Å². The minimum atomic E-state index is -4.32. The first-order chi connectivity index (χ1) is 14.5. The molecule has 0 aliphatic carbocycles. The van der Waals surface area contributed by atoms with Crippen LogP contribution >= 0.6 is 0 Å². The fraction of sp³-hybridized carbons (Fsp3) is 0.520. The van der Waals surface area contributed by atoms with Gasteiger partial charge >= 0.3 is 0 Å². The van der Waals surface area contributed by atoms with E-state index in [0.717, 1.165) is 12.8 Å². The van der Waals surface area contributed by atoms with E-state index in [1.807, 2.05) is 12.1 Å². The Kier molecular flexibility index (Phi) is 11.0. The van der Waals surface area contributed by atoms with Gasteiger partial charge in [0.1, 0.15) is 16.4 Å². The summed E-state index contributed by atoms with van der Waals surface area (Å²) < 4.78 is 38.1. The van der Waals surface area contributed by atoms with Crippen molar-refractivity contribution >= 4 is 10.1 Å². The maximum atomic E-state index is 11.5. The van der Waals surface area contributed by atoms with E-state index in [1.54, 1.807) is 24.3 Å². The molecular formula is C25H36O4S. The monoisotopic (exact) mass is 432 g/mol. The van der Waals surface area contributed by atoms with Crippen LogP contribution in [0, 0.1) is 0 Å². The largest absolute Gasteiger partial charge is 0.456 e. The summed E-state index contributed by atoms with van der Waals surface area (Å²) in [5, 5.41) is 0. The molecule has 5 heteroatoms. The predicted molar refractivity (Wildman–Crippen MR) is 123 cm³/mol. The van der Waals surface area contributed by atoms with Crippen molar-refractivity contribution in [2.45, 2.75) is 88.9 Å². The molecule has 0 radical (unpaired) electrons. The van der Waals surface area contributed by atoms with E-state index < -0.39 is 10.1 Å². The second-order valence-electron chi connectivity index (χ2n) is 7.96. The summed E-state index contributed by atoms with van der Waals surface area (Å²) in [5.41, 5.74) is 1.17. The minimum Gasteiger partial charge on any atom is -0.456 e. The smallest absolute Gasteiger partial charge is 0.298 e. The Bertz CT molecular complexity index is 846. The molecule has 0 bridgehead atoms. The molecule has 1 N–H and O–H groups in total. The summed E-state index contributed by atoms with van der Waals surface area (Å²) in [6.45, 7) is 2.26. The molecule has 0 spiro atoms. The minimum absolute atomic E-state index is 0.131. The lowest BCUT2D eigenvalue weighted by molar-refractivity contribution is 0.449. The van der Waals surface area contributed by atoms with Crippen LogP contribution in [0.2, 0.25) is 0 Å². The fourth-order valence-corrected chi connectivity index (χ4v) is 4.25. The molecule has 0 fully saturated rings. The second-order valence-corrected chi connectivity index (χ2v) is 9.35. The summed E-state index contributed by atoms with van der Waals surface area (Å²) in [4.78, 5) is -0.222. The van der Waals surface area contributed by atoms with Gasteiger partial charge in [0.2, 0.25) is 0 Å². The number of hydrogen-bond donors (Lipinski definition) is 1. The molecule has 2 aromatic carbocycles. The normalized spacial score (nSPS) is 11.5. The van der Waals surface area contributed by atoms with E-state index in [0.29, 0.717) is 5.75 Å². The Labute approximate surface area is 182 Å². The fourth-order valence-electron chi connectivity index (χ4n) is 3.63. The van der Waals surface area contributed by atoms with Crippen molar-refractivity contribution in [3.8, 4) is 11.5 Å². The van der Waals surface area contributed by atoms with Crippen LogP contribution in [-0.4, -0.2) is 13.0 Å².